The van der Waals surface area contributed by atoms with Gasteiger partial charge in [0.15, 0.2) is 7.44 Å². The number of rotatable bonds is 2. The molecule has 74 valence electrons. The minimum atomic E-state index is -3.49. The highest BCUT2D eigenvalue weighted by molar-refractivity contribution is 7.60. The number of nitrogens with zero attached hydrogens (tertiary/aromatic N) is 2. The highest BCUT2D eigenvalue weighted by atomic mass is 31.2. The Kier molecular flexibility index (Phi) is 3.46. The van der Waals surface area contributed by atoms with Crippen LogP contribution in [0.1, 0.15) is 20.8 Å². The molecule has 0 N–H and O–H groups in total. The van der Waals surface area contributed by atoms with Crippen molar-refractivity contribution in [3.63, 3.8) is 0 Å². The maximum atomic E-state index is 11.9. The van der Waals surface area contributed by atoms with Crippen LogP contribution in [-0.4, -0.2) is 28.9 Å². The average molecular weight is 194 g/mol. The van der Waals surface area contributed by atoms with Gasteiger partial charge in [0, 0.05) is 5.16 Å². The first-order valence-corrected chi connectivity index (χ1v) is 5.18. The molecule has 6 heteroatoms. The van der Waals surface area contributed by atoms with Crippen LogP contribution in [0.5, 0.6) is 0 Å². The fourth-order valence-electron chi connectivity index (χ4n) is 1.02. The van der Waals surface area contributed by atoms with Crippen molar-refractivity contribution in [3.8, 4) is 0 Å². The van der Waals surface area contributed by atoms with Gasteiger partial charge in [-0.3, -0.25) is 4.57 Å². The molecule has 0 aliphatic carbocycles. The Hall–Kier alpha value is 0.0700. The second-order valence-electron chi connectivity index (χ2n) is 3.64. The van der Waals surface area contributed by atoms with Crippen molar-refractivity contribution in [2.24, 2.45) is 0 Å². The second kappa shape index (κ2) is 3.44. The Morgan fingerprint density at radius 2 is 1.33 bits per heavy atom. The lowest BCUT2D eigenvalue weighted by molar-refractivity contribution is 0.444. The van der Waals surface area contributed by atoms with Gasteiger partial charge in [0.2, 0.25) is 0 Å². The molecule has 0 aliphatic rings. The maximum Gasteiger partial charge on any atom is 0.198 e. The van der Waals surface area contributed by atoms with Gasteiger partial charge in [-0.1, -0.05) is 20.8 Å². The lowest BCUT2D eigenvalue weighted by Gasteiger charge is -2.49. The molecular formula is C6H15N2O3P-2. The highest BCUT2D eigenvalue weighted by Gasteiger charge is 2.36. The largest absolute Gasteiger partial charge is 0.779 e. The van der Waals surface area contributed by atoms with Crippen LogP contribution in [0.25, 0.3) is 0 Å². The topological polar surface area (TPSA) is 69.7 Å². The van der Waals surface area contributed by atoms with Crippen LogP contribution >= 0.6 is 7.44 Å². The van der Waals surface area contributed by atoms with Gasteiger partial charge in [0.05, 0.1) is 0 Å². The lowest BCUT2D eigenvalue weighted by atomic mass is 10.3. The van der Waals surface area contributed by atoms with E-state index in [1.165, 1.54) is 0 Å². The third kappa shape index (κ3) is 1.87. The highest BCUT2D eigenvalue weighted by Crippen LogP contribution is 2.60. The molecule has 0 unspecified atom stereocenters. The van der Waals surface area contributed by atoms with Crippen LogP contribution in [0, 0.1) is 10.4 Å². The fraction of sp³-hybridized carbons (Fsp3) is 1.00. The van der Waals surface area contributed by atoms with Crippen LogP contribution in [0.4, 0.5) is 0 Å². The van der Waals surface area contributed by atoms with Crippen molar-refractivity contribution < 1.29 is 4.57 Å². The summed E-state index contributed by atoms with van der Waals surface area (Å²) in [6.07, 6.45) is 0. The molecule has 0 amide bonds. The molecule has 0 aromatic carbocycles. The predicted octanol–water partition coefficient (Wildman–Crippen LogP) is 1.84. The van der Waals surface area contributed by atoms with Gasteiger partial charge >= 0.3 is 0 Å². The SMILES string of the molecule is CN([O-])P(=O)(N(C)[O-])C(C)(C)C. The normalized spacial score (nSPS) is 14.4. The summed E-state index contributed by atoms with van der Waals surface area (Å²) in [6, 6.07) is 0. The summed E-state index contributed by atoms with van der Waals surface area (Å²) in [6.45, 7) is 4.82. The minimum Gasteiger partial charge on any atom is -0.779 e. The zero-order chi connectivity index (χ0) is 10.2. The summed E-state index contributed by atoms with van der Waals surface area (Å²) < 4.78 is 11.9. The van der Waals surface area contributed by atoms with Crippen molar-refractivity contribution in [3.05, 3.63) is 10.4 Å². The van der Waals surface area contributed by atoms with Gasteiger partial charge in [-0.05, 0) is 14.1 Å². The molecule has 12 heavy (non-hydrogen) atoms. The van der Waals surface area contributed by atoms with Crippen LogP contribution < -0.4 is 0 Å². The summed E-state index contributed by atoms with van der Waals surface area (Å²) in [4.78, 5) is 0.528. The van der Waals surface area contributed by atoms with E-state index in [9.17, 15) is 15.0 Å². The van der Waals surface area contributed by atoms with Crippen molar-refractivity contribution in [2.45, 2.75) is 25.9 Å². The summed E-state index contributed by atoms with van der Waals surface area (Å²) in [5.74, 6) is 0. The third-order valence-corrected chi connectivity index (χ3v) is 4.91. The monoisotopic (exact) mass is 194 g/mol. The summed E-state index contributed by atoms with van der Waals surface area (Å²) in [5.41, 5.74) is 0. The van der Waals surface area contributed by atoms with Crippen molar-refractivity contribution in [1.29, 1.82) is 0 Å². The van der Waals surface area contributed by atoms with Crippen LogP contribution in [0.3, 0.4) is 0 Å². The summed E-state index contributed by atoms with van der Waals surface area (Å²) >= 11 is 0. The molecule has 0 atom stereocenters. The van der Waals surface area contributed by atoms with Gasteiger partial charge in [-0.25, -0.2) is 0 Å². The Morgan fingerprint density at radius 3 is 1.33 bits per heavy atom. The molecule has 0 spiro atoms. The van der Waals surface area contributed by atoms with E-state index in [0.29, 0.717) is 0 Å². The number of hydrogen-bond donors (Lipinski definition) is 0. The summed E-state index contributed by atoms with van der Waals surface area (Å²) in [7, 11) is -1.27. The van der Waals surface area contributed by atoms with E-state index in [0.717, 1.165) is 14.1 Å². The summed E-state index contributed by atoms with van der Waals surface area (Å²) in [5, 5.41) is 21.1. The molecule has 5 nitrogen and oxygen atoms in total. The van der Waals surface area contributed by atoms with E-state index in [2.05, 4.69) is 0 Å². The van der Waals surface area contributed by atoms with E-state index in [1.54, 1.807) is 20.8 Å². The fourth-order valence-corrected chi connectivity index (χ4v) is 3.07. The van der Waals surface area contributed by atoms with E-state index in [-0.39, 0.29) is 9.67 Å². The average Bonchev–Trinajstić information content (AvgIpc) is 1.82. The number of hydrogen-bond acceptors (Lipinski definition) is 3. The van der Waals surface area contributed by atoms with Crippen LogP contribution in [0.2, 0.25) is 0 Å². The molecule has 0 aromatic heterocycles. The minimum absolute atomic E-state index is 0.264. The Balaban J connectivity index is 5.04. The lowest BCUT2D eigenvalue weighted by Crippen LogP contribution is -2.31. The third-order valence-electron chi connectivity index (χ3n) is 1.64. The van der Waals surface area contributed by atoms with E-state index < -0.39 is 12.6 Å². The molecule has 0 saturated carbocycles. The van der Waals surface area contributed by atoms with Gasteiger partial charge in [-0.2, -0.15) is 0 Å². The first-order valence-electron chi connectivity index (χ1n) is 3.57. The van der Waals surface area contributed by atoms with Crippen molar-refractivity contribution in [1.82, 2.24) is 9.67 Å². The predicted molar refractivity (Wildman–Crippen MR) is 49.6 cm³/mol. The van der Waals surface area contributed by atoms with E-state index in [1.807, 2.05) is 0 Å². The first kappa shape index (κ1) is 12.1. The quantitative estimate of drug-likeness (QED) is 0.495. The van der Waals surface area contributed by atoms with Gasteiger partial charge in [0.25, 0.3) is 0 Å². The molecular weight excluding hydrogens is 179 g/mol. The smallest absolute Gasteiger partial charge is 0.198 e. The molecule has 0 bridgehead atoms. The zero-order valence-corrected chi connectivity index (χ0v) is 8.96. The van der Waals surface area contributed by atoms with E-state index >= 15 is 0 Å². The zero-order valence-electron chi connectivity index (χ0n) is 8.07. The van der Waals surface area contributed by atoms with E-state index in [4.69, 9.17) is 0 Å². The number of hydroxylamine groups is 2. The second-order valence-corrected chi connectivity index (χ2v) is 7.20. The Bertz CT molecular complexity index is 185. The molecule has 0 saturated heterocycles. The maximum absolute atomic E-state index is 11.9. The van der Waals surface area contributed by atoms with Gasteiger partial charge in [0.1, 0.15) is 0 Å². The van der Waals surface area contributed by atoms with Crippen molar-refractivity contribution in [2.75, 3.05) is 14.1 Å². The molecule has 0 aromatic rings. The van der Waals surface area contributed by atoms with Crippen LogP contribution in [0.15, 0.2) is 0 Å². The Labute approximate surface area is 73.0 Å². The van der Waals surface area contributed by atoms with Crippen molar-refractivity contribution >= 4 is 7.44 Å². The molecule has 0 aliphatic heterocycles. The standard InChI is InChI=1S/C6H15N2O3P/c1-6(2,3)12(11,7(4)9)8(5)10/h1-5H3/q-2. The molecule has 0 radical (unpaired) electrons. The van der Waals surface area contributed by atoms with Gasteiger partial charge in [-0.15, -0.1) is 0 Å². The molecule has 0 rings (SSSR count). The molecule has 0 fully saturated rings. The molecule has 0 heterocycles. The Morgan fingerprint density at radius 1 is 1.08 bits per heavy atom. The first-order chi connectivity index (χ1) is 5.14. The van der Waals surface area contributed by atoms with Gasteiger partial charge < -0.3 is 20.1 Å². The van der Waals surface area contributed by atoms with Crippen LogP contribution in [-0.2, 0) is 4.57 Å².